The van der Waals surface area contributed by atoms with E-state index in [1.807, 2.05) is 20.8 Å². The van der Waals surface area contributed by atoms with Crippen molar-refractivity contribution in [2.24, 2.45) is 5.73 Å². The third-order valence-electron chi connectivity index (χ3n) is 2.62. The molecule has 3 unspecified atom stereocenters. The zero-order valence-electron chi connectivity index (χ0n) is 10.5. The second-order valence-corrected chi connectivity index (χ2v) is 4.61. The van der Waals surface area contributed by atoms with Crippen LogP contribution in [0.25, 0.3) is 0 Å². The second kappa shape index (κ2) is 6.43. The van der Waals surface area contributed by atoms with Crippen LogP contribution in [0.5, 0.6) is 0 Å². The van der Waals surface area contributed by atoms with Gasteiger partial charge in [0.1, 0.15) is 0 Å². The Kier molecular flexibility index (Phi) is 6.36. The maximum atomic E-state index is 9.32. The summed E-state index contributed by atoms with van der Waals surface area (Å²) in [5.74, 6) is 0. The predicted octanol–water partition coefficient (Wildman–Crippen LogP) is 0.915. The maximum absolute atomic E-state index is 9.32. The SMILES string of the molecule is COC(C)(C)CC(CN)OC(C)C(C)O. The van der Waals surface area contributed by atoms with Gasteiger partial charge in [-0.1, -0.05) is 0 Å². The summed E-state index contributed by atoms with van der Waals surface area (Å²) in [5, 5.41) is 9.32. The van der Waals surface area contributed by atoms with Gasteiger partial charge in [0.05, 0.1) is 23.9 Å². The molecule has 0 aliphatic heterocycles. The van der Waals surface area contributed by atoms with Gasteiger partial charge in [-0.05, 0) is 27.7 Å². The van der Waals surface area contributed by atoms with Crippen molar-refractivity contribution in [2.75, 3.05) is 13.7 Å². The van der Waals surface area contributed by atoms with Crippen LogP contribution in [0.3, 0.4) is 0 Å². The Labute approximate surface area is 92.7 Å². The van der Waals surface area contributed by atoms with Crippen molar-refractivity contribution in [2.45, 2.75) is 58.0 Å². The lowest BCUT2D eigenvalue weighted by Gasteiger charge is -2.30. The summed E-state index contributed by atoms with van der Waals surface area (Å²) >= 11 is 0. The van der Waals surface area contributed by atoms with E-state index in [0.717, 1.165) is 6.42 Å². The molecule has 0 heterocycles. The van der Waals surface area contributed by atoms with E-state index < -0.39 is 6.10 Å². The Hall–Kier alpha value is -0.160. The lowest BCUT2D eigenvalue weighted by atomic mass is 10.0. The first-order chi connectivity index (χ1) is 6.82. The van der Waals surface area contributed by atoms with Crippen LogP contribution in [0.4, 0.5) is 0 Å². The van der Waals surface area contributed by atoms with Crippen LogP contribution in [0.2, 0.25) is 0 Å². The molecule has 0 aromatic rings. The van der Waals surface area contributed by atoms with Gasteiger partial charge in [-0.15, -0.1) is 0 Å². The first kappa shape index (κ1) is 14.8. The highest BCUT2D eigenvalue weighted by atomic mass is 16.5. The van der Waals surface area contributed by atoms with E-state index in [1.165, 1.54) is 0 Å². The van der Waals surface area contributed by atoms with Crippen molar-refractivity contribution in [1.29, 1.82) is 0 Å². The molecule has 0 aliphatic carbocycles. The monoisotopic (exact) mass is 219 g/mol. The second-order valence-electron chi connectivity index (χ2n) is 4.61. The molecule has 15 heavy (non-hydrogen) atoms. The normalized spacial score (nSPS) is 18.6. The molecular weight excluding hydrogens is 194 g/mol. The Morgan fingerprint density at radius 1 is 1.33 bits per heavy atom. The van der Waals surface area contributed by atoms with Crippen LogP contribution in [0.1, 0.15) is 34.1 Å². The fraction of sp³-hybridized carbons (Fsp3) is 1.00. The van der Waals surface area contributed by atoms with E-state index in [-0.39, 0.29) is 17.8 Å². The quantitative estimate of drug-likeness (QED) is 0.668. The molecule has 3 atom stereocenters. The number of rotatable bonds is 7. The van der Waals surface area contributed by atoms with Crippen molar-refractivity contribution in [1.82, 2.24) is 0 Å². The van der Waals surface area contributed by atoms with E-state index in [0.29, 0.717) is 6.54 Å². The van der Waals surface area contributed by atoms with Crippen LogP contribution in [0, 0.1) is 0 Å². The molecule has 92 valence electrons. The molecule has 0 saturated carbocycles. The number of aliphatic hydroxyl groups is 1. The first-order valence-corrected chi connectivity index (χ1v) is 5.41. The molecule has 3 N–H and O–H groups in total. The Morgan fingerprint density at radius 3 is 2.20 bits per heavy atom. The van der Waals surface area contributed by atoms with Crippen molar-refractivity contribution >= 4 is 0 Å². The van der Waals surface area contributed by atoms with E-state index in [1.54, 1.807) is 14.0 Å². The molecule has 4 nitrogen and oxygen atoms in total. The van der Waals surface area contributed by atoms with Gasteiger partial charge in [-0.2, -0.15) is 0 Å². The van der Waals surface area contributed by atoms with Crippen LogP contribution in [0.15, 0.2) is 0 Å². The topological polar surface area (TPSA) is 64.7 Å². The van der Waals surface area contributed by atoms with Gasteiger partial charge in [-0.25, -0.2) is 0 Å². The van der Waals surface area contributed by atoms with Crippen molar-refractivity contribution < 1.29 is 14.6 Å². The molecule has 0 radical (unpaired) electrons. The van der Waals surface area contributed by atoms with E-state index in [2.05, 4.69) is 0 Å². The molecule has 0 amide bonds. The first-order valence-electron chi connectivity index (χ1n) is 5.41. The van der Waals surface area contributed by atoms with E-state index in [9.17, 15) is 5.11 Å². The van der Waals surface area contributed by atoms with Crippen molar-refractivity contribution in [3.63, 3.8) is 0 Å². The van der Waals surface area contributed by atoms with Crippen molar-refractivity contribution in [3.8, 4) is 0 Å². The van der Waals surface area contributed by atoms with Gasteiger partial charge in [0.15, 0.2) is 0 Å². The zero-order valence-corrected chi connectivity index (χ0v) is 10.5. The standard InChI is InChI=1S/C11H25NO3/c1-8(13)9(2)15-10(7-12)6-11(3,4)14-5/h8-10,13H,6-7,12H2,1-5H3. The summed E-state index contributed by atoms with van der Waals surface area (Å²) in [5.41, 5.74) is 5.37. The van der Waals surface area contributed by atoms with Gasteiger partial charge in [0.2, 0.25) is 0 Å². The fourth-order valence-corrected chi connectivity index (χ4v) is 1.24. The minimum atomic E-state index is -0.482. The number of nitrogens with two attached hydrogens (primary N) is 1. The van der Waals surface area contributed by atoms with E-state index in [4.69, 9.17) is 15.2 Å². The zero-order chi connectivity index (χ0) is 12.1. The molecule has 4 heteroatoms. The highest BCUT2D eigenvalue weighted by molar-refractivity contribution is 4.76. The Morgan fingerprint density at radius 2 is 1.87 bits per heavy atom. The average molecular weight is 219 g/mol. The predicted molar refractivity (Wildman–Crippen MR) is 60.8 cm³/mol. The number of methoxy groups -OCH3 is 1. The smallest absolute Gasteiger partial charge is 0.0807 e. The minimum Gasteiger partial charge on any atom is -0.391 e. The number of hydrogen-bond donors (Lipinski definition) is 2. The maximum Gasteiger partial charge on any atom is 0.0807 e. The van der Waals surface area contributed by atoms with E-state index >= 15 is 0 Å². The molecule has 0 bridgehead atoms. The largest absolute Gasteiger partial charge is 0.391 e. The molecule has 0 fully saturated rings. The number of hydrogen-bond acceptors (Lipinski definition) is 4. The highest BCUT2D eigenvalue weighted by Gasteiger charge is 2.24. The highest BCUT2D eigenvalue weighted by Crippen LogP contribution is 2.18. The summed E-state index contributed by atoms with van der Waals surface area (Å²) in [6, 6.07) is 0. The lowest BCUT2D eigenvalue weighted by molar-refractivity contribution is -0.0915. The van der Waals surface area contributed by atoms with Crippen molar-refractivity contribution in [3.05, 3.63) is 0 Å². The molecule has 0 rings (SSSR count). The summed E-state index contributed by atoms with van der Waals surface area (Å²) in [7, 11) is 1.67. The number of aliphatic hydroxyl groups excluding tert-OH is 1. The van der Waals surface area contributed by atoms with Gasteiger partial charge >= 0.3 is 0 Å². The Balaban J connectivity index is 4.14. The molecule has 0 aliphatic rings. The average Bonchev–Trinajstić information content (AvgIpc) is 2.16. The minimum absolute atomic E-state index is 0.0791. The third kappa shape index (κ3) is 6.10. The van der Waals surface area contributed by atoms with Crippen LogP contribution < -0.4 is 5.73 Å². The number of ether oxygens (including phenoxy) is 2. The molecule has 0 aromatic carbocycles. The third-order valence-corrected chi connectivity index (χ3v) is 2.62. The van der Waals surface area contributed by atoms with Crippen LogP contribution in [-0.2, 0) is 9.47 Å². The molecule has 0 spiro atoms. The molecular formula is C11H25NO3. The van der Waals surface area contributed by atoms with Gasteiger partial charge in [0, 0.05) is 20.1 Å². The van der Waals surface area contributed by atoms with Gasteiger partial charge in [0.25, 0.3) is 0 Å². The Bertz CT molecular complexity index is 171. The lowest BCUT2D eigenvalue weighted by Crippen LogP contribution is -2.38. The van der Waals surface area contributed by atoms with Gasteiger partial charge in [-0.3, -0.25) is 0 Å². The summed E-state index contributed by atoms with van der Waals surface area (Å²) < 4.78 is 11.0. The summed E-state index contributed by atoms with van der Waals surface area (Å²) in [4.78, 5) is 0. The summed E-state index contributed by atoms with van der Waals surface area (Å²) in [6.07, 6.45) is -0.0442. The van der Waals surface area contributed by atoms with Gasteiger partial charge < -0.3 is 20.3 Å². The molecule has 0 saturated heterocycles. The fourth-order valence-electron chi connectivity index (χ4n) is 1.24. The van der Waals surface area contributed by atoms with Crippen LogP contribution >= 0.6 is 0 Å². The molecule has 0 aromatic heterocycles. The summed E-state index contributed by atoms with van der Waals surface area (Å²) in [6.45, 7) is 7.97. The van der Waals surface area contributed by atoms with Crippen LogP contribution in [-0.4, -0.2) is 42.7 Å².